The third kappa shape index (κ3) is 5.22. The van der Waals surface area contributed by atoms with E-state index in [9.17, 15) is 18.0 Å². The van der Waals surface area contributed by atoms with Crippen LogP contribution in [0.3, 0.4) is 0 Å². The predicted octanol–water partition coefficient (Wildman–Crippen LogP) is 4.90. The summed E-state index contributed by atoms with van der Waals surface area (Å²) in [6.45, 7) is 3.48. The van der Waals surface area contributed by atoms with Crippen LogP contribution in [0.25, 0.3) is 0 Å². The van der Waals surface area contributed by atoms with Crippen LogP contribution in [0.1, 0.15) is 36.0 Å². The number of piperidine rings is 1. The highest BCUT2D eigenvalue weighted by atomic mass is 19.4. The van der Waals surface area contributed by atoms with Crippen LogP contribution in [0.5, 0.6) is 0 Å². The Bertz CT molecular complexity index is 1140. The molecule has 3 aliphatic rings. The van der Waals surface area contributed by atoms with Crippen molar-refractivity contribution in [3.8, 4) is 6.07 Å². The van der Waals surface area contributed by atoms with Gasteiger partial charge in [-0.2, -0.15) is 18.4 Å². The largest absolute Gasteiger partial charge is 0.417 e. The Labute approximate surface area is 209 Å². The number of anilines is 1. The summed E-state index contributed by atoms with van der Waals surface area (Å²) in [4.78, 5) is 17.1. The first-order valence-electron chi connectivity index (χ1n) is 12.5. The molecular formula is C28H30F3N3O2. The monoisotopic (exact) mass is 497 g/mol. The van der Waals surface area contributed by atoms with E-state index in [0.717, 1.165) is 18.1 Å². The smallest absolute Gasteiger partial charge is 0.380 e. The number of amides is 1. The molecule has 2 heterocycles. The van der Waals surface area contributed by atoms with E-state index in [2.05, 4.69) is 0 Å². The number of fused-ring (bicyclic) bond motifs is 1. The first-order chi connectivity index (χ1) is 17.3. The Hall–Kier alpha value is -3.05. The lowest BCUT2D eigenvalue weighted by Crippen LogP contribution is -2.53. The van der Waals surface area contributed by atoms with Crippen LogP contribution in [0.15, 0.2) is 48.5 Å². The van der Waals surface area contributed by atoms with Gasteiger partial charge in [0.15, 0.2) is 0 Å². The number of nitrogens with zero attached hydrogens (tertiary/aromatic N) is 3. The fourth-order valence-corrected chi connectivity index (χ4v) is 5.66. The van der Waals surface area contributed by atoms with Crippen LogP contribution in [0.2, 0.25) is 0 Å². The molecule has 190 valence electrons. The zero-order chi connectivity index (χ0) is 25.3. The van der Waals surface area contributed by atoms with Crippen molar-refractivity contribution in [2.45, 2.75) is 31.9 Å². The number of alkyl halides is 3. The minimum atomic E-state index is -4.60. The molecule has 1 aliphatic carbocycles. The molecule has 2 atom stereocenters. The van der Waals surface area contributed by atoms with E-state index in [0.29, 0.717) is 57.4 Å². The van der Waals surface area contributed by atoms with Crippen molar-refractivity contribution in [2.75, 3.05) is 44.3 Å². The zero-order valence-electron chi connectivity index (χ0n) is 20.1. The SMILES string of the molecule is N#Cc1ccc(N2C[C@H]3CCN(C(=O)Cc4ccccc4)C[C@@]3(COCC3CC3)C2)cc1C(F)(F)F. The summed E-state index contributed by atoms with van der Waals surface area (Å²) in [6.07, 6.45) is -1.13. The van der Waals surface area contributed by atoms with Crippen molar-refractivity contribution in [1.82, 2.24) is 4.90 Å². The van der Waals surface area contributed by atoms with Crippen molar-refractivity contribution >= 4 is 11.6 Å². The van der Waals surface area contributed by atoms with E-state index in [1.807, 2.05) is 40.1 Å². The molecule has 1 saturated carbocycles. The van der Waals surface area contributed by atoms with Gasteiger partial charge in [-0.05, 0) is 54.9 Å². The average Bonchev–Trinajstić information content (AvgIpc) is 3.61. The number of carbonyl (C=O) groups is 1. The van der Waals surface area contributed by atoms with Crippen molar-refractivity contribution in [3.05, 3.63) is 65.2 Å². The molecule has 3 fully saturated rings. The normalized spacial score (nSPS) is 23.9. The third-order valence-corrected chi connectivity index (χ3v) is 7.85. The van der Waals surface area contributed by atoms with E-state index in [4.69, 9.17) is 10.00 Å². The average molecular weight is 498 g/mol. The van der Waals surface area contributed by atoms with E-state index in [1.54, 1.807) is 12.1 Å². The molecule has 0 aromatic heterocycles. The molecule has 5 rings (SSSR count). The van der Waals surface area contributed by atoms with Gasteiger partial charge in [-0.15, -0.1) is 0 Å². The highest BCUT2D eigenvalue weighted by Crippen LogP contribution is 2.45. The van der Waals surface area contributed by atoms with Gasteiger partial charge in [0.1, 0.15) is 0 Å². The lowest BCUT2D eigenvalue weighted by atomic mass is 9.73. The molecule has 0 N–H and O–H groups in total. The maximum Gasteiger partial charge on any atom is 0.417 e. The highest BCUT2D eigenvalue weighted by molar-refractivity contribution is 5.79. The summed E-state index contributed by atoms with van der Waals surface area (Å²) in [6, 6.07) is 15.3. The van der Waals surface area contributed by atoms with E-state index >= 15 is 0 Å². The molecule has 0 spiro atoms. The lowest BCUT2D eigenvalue weighted by Gasteiger charge is -2.44. The van der Waals surface area contributed by atoms with Gasteiger partial charge in [-0.25, -0.2) is 0 Å². The molecule has 2 saturated heterocycles. The quantitative estimate of drug-likeness (QED) is 0.546. The van der Waals surface area contributed by atoms with Gasteiger partial charge in [-0.3, -0.25) is 4.79 Å². The Morgan fingerprint density at radius 1 is 1.11 bits per heavy atom. The van der Waals surface area contributed by atoms with E-state index in [-0.39, 0.29) is 22.8 Å². The molecule has 0 unspecified atom stereocenters. The van der Waals surface area contributed by atoms with Crippen LogP contribution in [-0.4, -0.2) is 50.2 Å². The summed E-state index contributed by atoms with van der Waals surface area (Å²) in [5.41, 5.74) is -0.196. The van der Waals surface area contributed by atoms with Crippen molar-refractivity contribution in [2.24, 2.45) is 17.3 Å². The van der Waals surface area contributed by atoms with Gasteiger partial charge in [0, 0.05) is 43.9 Å². The van der Waals surface area contributed by atoms with Crippen LogP contribution in [-0.2, 0) is 22.1 Å². The van der Waals surface area contributed by atoms with Gasteiger partial charge in [0.05, 0.1) is 30.2 Å². The van der Waals surface area contributed by atoms with E-state index in [1.165, 1.54) is 18.9 Å². The molecule has 2 aliphatic heterocycles. The Morgan fingerprint density at radius 3 is 2.58 bits per heavy atom. The molecule has 5 nitrogen and oxygen atoms in total. The minimum absolute atomic E-state index is 0.0670. The number of rotatable bonds is 7. The highest BCUT2D eigenvalue weighted by Gasteiger charge is 2.51. The summed E-state index contributed by atoms with van der Waals surface area (Å²) < 4.78 is 47.0. The molecule has 1 amide bonds. The molecule has 8 heteroatoms. The maximum atomic E-state index is 13.6. The second-order valence-electron chi connectivity index (χ2n) is 10.5. The first-order valence-corrected chi connectivity index (χ1v) is 12.5. The Morgan fingerprint density at radius 2 is 1.89 bits per heavy atom. The number of ether oxygens (including phenoxy) is 1. The van der Waals surface area contributed by atoms with Gasteiger partial charge in [-0.1, -0.05) is 30.3 Å². The topological polar surface area (TPSA) is 56.6 Å². The number of hydrogen-bond donors (Lipinski definition) is 0. The number of nitriles is 1. The number of benzene rings is 2. The summed E-state index contributed by atoms with van der Waals surface area (Å²) in [5.74, 6) is 0.879. The van der Waals surface area contributed by atoms with Gasteiger partial charge >= 0.3 is 6.18 Å². The van der Waals surface area contributed by atoms with Gasteiger partial charge < -0.3 is 14.5 Å². The summed E-state index contributed by atoms with van der Waals surface area (Å²) in [5, 5.41) is 9.16. The zero-order valence-corrected chi connectivity index (χ0v) is 20.1. The number of halogens is 3. The predicted molar refractivity (Wildman–Crippen MR) is 129 cm³/mol. The number of hydrogen-bond acceptors (Lipinski definition) is 4. The minimum Gasteiger partial charge on any atom is -0.380 e. The second-order valence-corrected chi connectivity index (χ2v) is 10.5. The van der Waals surface area contributed by atoms with Crippen molar-refractivity contribution in [1.29, 1.82) is 5.26 Å². The standard InChI is InChI=1S/C28H30F3N3O2/c29-28(30,31)25-13-24(9-8-22(25)14-32)34-15-23-10-11-33(26(35)12-20-4-2-1-3-5-20)17-27(23,18-34)19-36-16-21-6-7-21/h1-5,8-9,13,21,23H,6-7,10-12,15-19H2/t23-,27+/m1/s1. The molecule has 2 aromatic rings. The Balaban J connectivity index is 1.37. The molecule has 0 bridgehead atoms. The summed E-state index contributed by atoms with van der Waals surface area (Å²) >= 11 is 0. The van der Waals surface area contributed by atoms with Crippen molar-refractivity contribution in [3.63, 3.8) is 0 Å². The van der Waals surface area contributed by atoms with Crippen LogP contribution >= 0.6 is 0 Å². The fraction of sp³-hybridized carbons (Fsp3) is 0.500. The van der Waals surface area contributed by atoms with Crippen LogP contribution in [0, 0.1) is 28.6 Å². The summed E-state index contributed by atoms with van der Waals surface area (Å²) in [7, 11) is 0. The molecule has 36 heavy (non-hydrogen) atoms. The van der Waals surface area contributed by atoms with Crippen molar-refractivity contribution < 1.29 is 22.7 Å². The third-order valence-electron chi connectivity index (χ3n) is 7.85. The van der Waals surface area contributed by atoms with Crippen LogP contribution in [0.4, 0.5) is 18.9 Å². The van der Waals surface area contributed by atoms with Gasteiger partial charge in [0.2, 0.25) is 5.91 Å². The number of carbonyl (C=O) groups excluding carboxylic acids is 1. The lowest BCUT2D eigenvalue weighted by molar-refractivity contribution is -0.138. The first kappa shape index (κ1) is 24.6. The maximum absolute atomic E-state index is 13.6. The van der Waals surface area contributed by atoms with Gasteiger partial charge in [0.25, 0.3) is 0 Å². The van der Waals surface area contributed by atoms with E-state index < -0.39 is 11.7 Å². The Kier molecular flexibility index (Phi) is 6.69. The molecular weight excluding hydrogens is 467 g/mol. The second kappa shape index (κ2) is 9.78. The number of likely N-dealkylation sites (tertiary alicyclic amines) is 1. The molecule has 0 radical (unpaired) electrons. The molecule has 2 aromatic carbocycles. The van der Waals surface area contributed by atoms with Crippen LogP contribution < -0.4 is 4.90 Å². The fourth-order valence-electron chi connectivity index (χ4n) is 5.66.